The highest BCUT2D eigenvalue weighted by molar-refractivity contribution is 5.88. The molecule has 0 bridgehead atoms. The van der Waals surface area contributed by atoms with Gasteiger partial charge in [0.25, 0.3) is 5.56 Å². The molecule has 0 aliphatic heterocycles. The average molecular weight is 365 g/mol. The Morgan fingerprint density at radius 3 is 2.37 bits per heavy atom. The van der Waals surface area contributed by atoms with Gasteiger partial charge in [-0.2, -0.15) is 5.10 Å². The molecule has 2 heterocycles. The number of hydrogen-bond acceptors (Lipinski definition) is 6. The fourth-order valence-electron chi connectivity index (χ4n) is 2.56. The van der Waals surface area contributed by atoms with E-state index in [2.05, 4.69) is 20.4 Å². The average Bonchev–Trinajstić information content (AvgIpc) is 2.62. The molecule has 0 radical (unpaired) electrons. The van der Waals surface area contributed by atoms with E-state index >= 15 is 0 Å². The molecule has 1 amide bonds. The summed E-state index contributed by atoms with van der Waals surface area (Å²) in [5.74, 6) is 0.498. The van der Waals surface area contributed by atoms with Crippen molar-refractivity contribution >= 4 is 11.9 Å². The Kier molecular flexibility index (Phi) is 5.25. The van der Waals surface area contributed by atoms with Gasteiger partial charge in [-0.3, -0.25) is 14.9 Å². The van der Waals surface area contributed by atoms with Crippen LogP contribution in [0.3, 0.4) is 0 Å². The maximum absolute atomic E-state index is 12.3. The number of anilines is 1. The van der Waals surface area contributed by atoms with E-state index in [1.807, 2.05) is 26.0 Å². The molecule has 8 heteroatoms. The molecule has 0 spiro atoms. The van der Waals surface area contributed by atoms with E-state index in [9.17, 15) is 9.59 Å². The standard InChI is InChI=1S/C19H19N5O3/c1-12-10-13(2)21-19(20-12)22-17(25)11-24-18(26)9-8-16(23-24)14-4-6-15(27-3)7-5-14/h4-10H,11H2,1-3H3,(H,20,21,22,25). The Balaban J connectivity index is 1.79. The van der Waals surface area contributed by atoms with Gasteiger partial charge in [0.05, 0.1) is 12.8 Å². The van der Waals surface area contributed by atoms with Crippen molar-refractivity contribution < 1.29 is 9.53 Å². The van der Waals surface area contributed by atoms with Crippen LogP contribution in [0.1, 0.15) is 11.4 Å². The van der Waals surface area contributed by atoms with Crippen molar-refractivity contribution in [1.29, 1.82) is 0 Å². The molecule has 138 valence electrons. The lowest BCUT2D eigenvalue weighted by atomic mass is 10.1. The van der Waals surface area contributed by atoms with E-state index in [1.165, 1.54) is 6.07 Å². The van der Waals surface area contributed by atoms with Crippen LogP contribution in [0.15, 0.2) is 47.3 Å². The molecule has 2 aromatic heterocycles. The summed E-state index contributed by atoms with van der Waals surface area (Å²) in [4.78, 5) is 32.7. The fraction of sp³-hybridized carbons (Fsp3) is 0.211. The largest absolute Gasteiger partial charge is 0.497 e. The van der Waals surface area contributed by atoms with Crippen molar-refractivity contribution in [2.24, 2.45) is 0 Å². The van der Waals surface area contributed by atoms with Crippen molar-refractivity contribution in [2.75, 3.05) is 12.4 Å². The number of aromatic nitrogens is 4. The molecule has 3 rings (SSSR count). The molecule has 0 saturated carbocycles. The lowest BCUT2D eigenvalue weighted by Crippen LogP contribution is -2.29. The molecule has 0 atom stereocenters. The smallest absolute Gasteiger partial charge is 0.267 e. The molecule has 1 N–H and O–H groups in total. The fourth-order valence-corrected chi connectivity index (χ4v) is 2.56. The second-order valence-corrected chi connectivity index (χ2v) is 5.97. The number of benzene rings is 1. The molecule has 0 fully saturated rings. The van der Waals surface area contributed by atoms with E-state index < -0.39 is 5.91 Å². The van der Waals surface area contributed by atoms with Gasteiger partial charge < -0.3 is 4.74 Å². The molecular formula is C19H19N5O3. The lowest BCUT2D eigenvalue weighted by molar-refractivity contribution is -0.117. The Labute approximate surface area is 155 Å². The Morgan fingerprint density at radius 1 is 1.07 bits per heavy atom. The van der Waals surface area contributed by atoms with E-state index in [1.54, 1.807) is 31.4 Å². The number of rotatable bonds is 5. The SMILES string of the molecule is COc1ccc(-c2ccc(=O)n(CC(=O)Nc3nc(C)cc(C)n3)n2)cc1. The normalized spacial score (nSPS) is 10.5. The number of aryl methyl sites for hydroxylation is 2. The molecule has 8 nitrogen and oxygen atoms in total. The van der Waals surface area contributed by atoms with Crippen LogP contribution in [0.25, 0.3) is 11.3 Å². The predicted molar refractivity (Wildman–Crippen MR) is 101 cm³/mol. The first kappa shape index (κ1) is 18.2. The highest BCUT2D eigenvalue weighted by Crippen LogP contribution is 2.19. The van der Waals surface area contributed by atoms with Crippen LogP contribution < -0.4 is 15.6 Å². The van der Waals surface area contributed by atoms with Crippen molar-refractivity contribution in [3.63, 3.8) is 0 Å². The summed E-state index contributed by atoms with van der Waals surface area (Å²) in [5.41, 5.74) is 2.50. The van der Waals surface area contributed by atoms with Crippen LogP contribution >= 0.6 is 0 Å². The van der Waals surface area contributed by atoms with Crippen LogP contribution in [0.2, 0.25) is 0 Å². The van der Waals surface area contributed by atoms with Crippen LogP contribution in [0.4, 0.5) is 5.95 Å². The number of amides is 1. The molecule has 0 aliphatic carbocycles. The van der Waals surface area contributed by atoms with Gasteiger partial charge in [-0.25, -0.2) is 14.6 Å². The van der Waals surface area contributed by atoms with Crippen molar-refractivity contribution in [3.05, 3.63) is 64.2 Å². The number of carbonyl (C=O) groups is 1. The number of hydrogen-bond donors (Lipinski definition) is 1. The third-order valence-corrected chi connectivity index (χ3v) is 3.78. The van der Waals surface area contributed by atoms with E-state index in [4.69, 9.17) is 4.74 Å². The van der Waals surface area contributed by atoms with Gasteiger partial charge in [0.2, 0.25) is 11.9 Å². The van der Waals surface area contributed by atoms with Gasteiger partial charge >= 0.3 is 0 Å². The van der Waals surface area contributed by atoms with Crippen LogP contribution in [-0.2, 0) is 11.3 Å². The summed E-state index contributed by atoms with van der Waals surface area (Å²) >= 11 is 0. The first-order chi connectivity index (χ1) is 12.9. The minimum atomic E-state index is -0.429. The van der Waals surface area contributed by atoms with Crippen LogP contribution in [0, 0.1) is 13.8 Å². The van der Waals surface area contributed by atoms with Gasteiger partial charge in [-0.1, -0.05) is 0 Å². The first-order valence-electron chi connectivity index (χ1n) is 8.29. The first-order valence-corrected chi connectivity index (χ1v) is 8.29. The summed E-state index contributed by atoms with van der Waals surface area (Å²) in [6.45, 7) is 3.39. The summed E-state index contributed by atoms with van der Waals surface area (Å²) < 4.78 is 6.24. The molecule has 1 aromatic carbocycles. The maximum atomic E-state index is 12.3. The highest BCUT2D eigenvalue weighted by atomic mass is 16.5. The third-order valence-electron chi connectivity index (χ3n) is 3.78. The molecule has 0 unspecified atom stereocenters. The zero-order chi connectivity index (χ0) is 19.4. The molecule has 0 saturated heterocycles. The molecule has 3 aromatic rings. The maximum Gasteiger partial charge on any atom is 0.267 e. The van der Waals surface area contributed by atoms with E-state index in [0.29, 0.717) is 5.69 Å². The van der Waals surface area contributed by atoms with Crippen LogP contribution in [-0.4, -0.2) is 32.8 Å². The number of ether oxygens (including phenoxy) is 1. The number of methoxy groups -OCH3 is 1. The zero-order valence-corrected chi connectivity index (χ0v) is 15.3. The van der Waals surface area contributed by atoms with Gasteiger partial charge in [0.1, 0.15) is 12.3 Å². The third kappa shape index (κ3) is 4.55. The molecule has 0 aliphatic rings. The predicted octanol–water partition coefficient (Wildman–Crippen LogP) is 1.96. The van der Waals surface area contributed by atoms with E-state index in [-0.39, 0.29) is 18.1 Å². The second kappa shape index (κ2) is 7.77. The van der Waals surface area contributed by atoms with Gasteiger partial charge in [0, 0.05) is 23.0 Å². The van der Waals surface area contributed by atoms with Crippen molar-refractivity contribution in [1.82, 2.24) is 19.7 Å². The van der Waals surface area contributed by atoms with Crippen LogP contribution in [0.5, 0.6) is 5.75 Å². The quantitative estimate of drug-likeness (QED) is 0.742. The highest BCUT2D eigenvalue weighted by Gasteiger charge is 2.10. The Morgan fingerprint density at radius 2 is 1.74 bits per heavy atom. The topological polar surface area (TPSA) is 99.0 Å². The number of carbonyl (C=O) groups excluding carboxylic acids is 1. The minimum Gasteiger partial charge on any atom is -0.497 e. The lowest BCUT2D eigenvalue weighted by Gasteiger charge is -2.09. The Hall–Kier alpha value is -3.55. The molecule has 27 heavy (non-hydrogen) atoms. The summed E-state index contributed by atoms with van der Waals surface area (Å²) in [5, 5.41) is 6.87. The van der Waals surface area contributed by atoms with Gasteiger partial charge in [-0.05, 0) is 50.2 Å². The molecular weight excluding hydrogens is 346 g/mol. The summed E-state index contributed by atoms with van der Waals surface area (Å²) in [6, 6.07) is 12.1. The van der Waals surface area contributed by atoms with E-state index in [0.717, 1.165) is 27.4 Å². The number of nitrogens with one attached hydrogen (secondary N) is 1. The monoisotopic (exact) mass is 365 g/mol. The Bertz CT molecular complexity index is 1010. The van der Waals surface area contributed by atoms with Crippen molar-refractivity contribution in [2.45, 2.75) is 20.4 Å². The van der Waals surface area contributed by atoms with Crippen molar-refractivity contribution in [3.8, 4) is 17.0 Å². The second-order valence-electron chi connectivity index (χ2n) is 5.97. The minimum absolute atomic E-state index is 0.205. The summed E-state index contributed by atoms with van der Waals surface area (Å²) in [7, 11) is 1.59. The zero-order valence-electron chi connectivity index (χ0n) is 15.3. The van der Waals surface area contributed by atoms with Gasteiger partial charge in [0.15, 0.2) is 0 Å². The number of nitrogens with zero attached hydrogens (tertiary/aromatic N) is 4. The van der Waals surface area contributed by atoms with Gasteiger partial charge in [-0.15, -0.1) is 0 Å². The summed E-state index contributed by atoms with van der Waals surface area (Å²) in [6.07, 6.45) is 0.